The Balaban J connectivity index is 1.79. The van der Waals surface area contributed by atoms with Crippen molar-refractivity contribution in [3.05, 3.63) is 88.8 Å². The number of benzene rings is 2. The third kappa shape index (κ3) is 6.61. The summed E-state index contributed by atoms with van der Waals surface area (Å²) in [6.07, 6.45) is 3.13. The molecule has 0 bridgehead atoms. The maximum Gasteiger partial charge on any atom is 0.287 e. The molecule has 158 valence electrons. The Morgan fingerprint density at radius 1 is 1.10 bits per heavy atom. The Labute approximate surface area is 211 Å². The van der Waals surface area contributed by atoms with E-state index in [4.69, 9.17) is 4.74 Å². The molecule has 3 aromatic rings. The molecule has 2 N–H and O–H groups in total. The van der Waals surface area contributed by atoms with Gasteiger partial charge < -0.3 is 10.1 Å². The van der Waals surface area contributed by atoms with E-state index >= 15 is 0 Å². The molecule has 1 heterocycles. The minimum Gasteiger partial charge on any atom is -0.495 e. The molecule has 0 unspecified atom stereocenters. The molecule has 2 amide bonds. The van der Waals surface area contributed by atoms with Crippen LogP contribution in [0.4, 0.5) is 0 Å². The normalized spacial score (nSPS) is 11.4. The van der Waals surface area contributed by atoms with E-state index in [1.807, 2.05) is 35.7 Å². The van der Waals surface area contributed by atoms with Gasteiger partial charge in [0.1, 0.15) is 11.4 Å². The quantitative estimate of drug-likeness (QED) is 0.165. The zero-order valence-corrected chi connectivity index (χ0v) is 21.4. The maximum atomic E-state index is 12.8. The van der Waals surface area contributed by atoms with Gasteiger partial charge in [-0.3, -0.25) is 9.59 Å². The summed E-state index contributed by atoms with van der Waals surface area (Å²) in [5.41, 5.74) is 3.76. The number of methoxy groups -OCH3 is 1. The second kappa shape index (κ2) is 11.4. The lowest BCUT2D eigenvalue weighted by Crippen LogP contribution is -2.32. The lowest BCUT2D eigenvalue weighted by Gasteiger charge is -2.09. The van der Waals surface area contributed by atoms with Crippen molar-refractivity contribution in [3.63, 3.8) is 0 Å². The lowest BCUT2D eigenvalue weighted by atomic mass is 10.2. The van der Waals surface area contributed by atoms with Gasteiger partial charge >= 0.3 is 0 Å². The Kier molecular flexibility index (Phi) is 8.60. The Morgan fingerprint density at radius 3 is 2.55 bits per heavy atom. The van der Waals surface area contributed by atoms with Crippen LogP contribution in [0, 0.1) is 7.14 Å². The maximum absolute atomic E-state index is 12.8. The molecule has 0 fully saturated rings. The fourth-order valence-corrected chi connectivity index (χ4v) is 5.34. The fourth-order valence-electron chi connectivity index (χ4n) is 2.57. The monoisotopic (exact) mass is 657 g/mol. The number of rotatable bonds is 7. The van der Waals surface area contributed by atoms with Gasteiger partial charge in [-0.25, -0.2) is 5.43 Å². The molecule has 0 aliphatic carbocycles. The summed E-state index contributed by atoms with van der Waals surface area (Å²) in [6, 6.07) is 16.3. The van der Waals surface area contributed by atoms with Gasteiger partial charge in [0.05, 0.1) is 16.9 Å². The molecule has 0 aliphatic rings. The first-order valence-electron chi connectivity index (χ1n) is 8.96. The smallest absolute Gasteiger partial charge is 0.287 e. The Bertz CT molecular complexity index is 1130. The van der Waals surface area contributed by atoms with Crippen molar-refractivity contribution in [1.29, 1.82) is 0 Å². The molecular formula is C22H17I2N3O3S. The van der Waals surface area contributed by atoms with Gasteiger partial charge in [0, 0.05) is 19.6 Å². The number of carbonyl (C=O) groups excluding carboxylic acids is 2. The summed E-state index contributed by atoms with van der Waals surface area (Å²) >= 11 is 5.85. The van der Waals surface area contributed by atoms with Crippen molar-refractivity contribution in [1.82, 2.24) is 10.7 Å². The van der Waals surface area contributed by atoms with Crippen LogP contribution in [-0.2, 0) is 4.79 Å². The molecule has 0 radical (unpaired) electrons. The van der Waals surface area contributed by atoms with E-state index in [0.29, 0.717) is 11.3 Å². The molecule has 0 atom stereocenters. The lowest BCUT2D eigenvalue weighted by molar-refractivity contribution is -0.117. The van der Waals surface area contributed by atoms with E-state index < -0.39 is 5.91 Å². The predicted octanol–water partition coefficient (Wildman–Crippen LogP) is 4.89. The number of nitrogens with one attached hydrogen (secondary N) is 2. The number of amides is 2. The Hall–Kier alpha value is -2.25. The predicted molar refractivity (Wildman–Crippen MR) is 140 cm³/mol. The standard InChI is InChI=1S/C22H17I2N3O3S/c1-30-20-15(10-16(23)11-18(20)24)13-25-27-22(29)19(12-17-8-5-9-31-17)26-21(28)14-6-3-2-4-7-14/h2-13H,1H3,(H,26,28)(H,27,29)/b19-12-,25-13+. The van der Waals surface area contributed by atoms with Gasteiger partial charge in [0.2, 0.25) is 0 Å². The topological polar surface area (TPSA) is 79.8 Å². The van der Waals surface area contributed by atoms with E-state index in [1.165, 1.54) is 17.6 Å². The molecular weight excluding hydrogens is 640 g/mol. The van der Waals surface area contributed by atoms with Crippen LogP contribution in [0.2, 0.25) is 0 Å². The molecule has 1 aromatic heterocycles. The number of hydrazone groups is 1. The highest BCUT2D eigenvalue weighted by molar-refractivity contribution is 14.1. The SMILES string of the molecule is COc1c(I)cc(I)cc1/C=N/NC(=O)/C(=C/c1cccs1)NC(=O)c1ccccc1. The fraction of sp³-hybridized carbons (Fsp3) is 0.0455. The van der Waals surface area contributed by atoms with Gasteiger partial charge in [0.15, 0.2) is 0 Å². The van der Waals surface area contributed by atoms with Crippen molar-refractivity contribution in [2.24, 2.45) is 5.10 Å². The van der Waals surface area contributed by atoms with Gasteiger partial charge in [0.25, 0.3) is 11.8 Å². The summed E-state index contributed by atoms with van der Waals surface area (Å²) < 4.78 is 7.38. The van der Waals surface area contributed by atoms with Crippen molar-refractivity contribution in [2.75, 3.05) is 7.11 Å². The van der Waals surface area contributed by atoms with Crippen LogP contribution in [-0.4, -0.2) is 25.1 Å². The molecule has 31 heavy (non-hydrogen) atoms. The number of thiophene rings is 1. The molecule has 0 spiro atoms. The molecule has 0 aliphatic heterocycles. The number of hydrogen-bond donors (Lipinski definition) is 2. The second-order valence-electron chi connectivity index (χ2n) is 6.10. The van der Waals surface area contributed by atoms with Crippen molar-refractivity contribution in [3.8, 4) is 5.75 Å². The number of nitrogens with zero attached hydrogens (tertiary/aromatic N) is 1. The highest BCUT2D eigenvalue weighted by atomic mass is 127. The number of ether oxygens (including phenoxy) is 1. The highest BCUT2D eigenvalue weighted by Crippen LogP contribution is 2.26. The number of halogens is 2. The first-order chi connectivity index (χ1) is 15.0. The molecule has 6 nitrogen and oxygen atoms in total. The van der Waals surface area contributed by atoms with Crippen molar-refractivity contribution >= 4 is 80.6 Å². The number of hydrogen-bond acceptors (Lipinski definition) is 5. The van der Waals surface area contributed by atoms with Crippen LogP contribution in [0.5, 0.6) is 5.75 Å². The van der Waals surface area contributed by atoms with E-state index in [-0.39, 0.29) is 11.6 Å². The molecule has 3 rings (SSSR count). The summed E-state index contributed by atoms with van der Waals surface area (Å²) in [5, 5.41) is 8.63. The van der Waals surface area contributed by atoms with E-state index in [2.05, 4.69) is 61.0 Å². The van der Waals surface area contributed by atoms with Gasteiger partial charge in [-0.1, -0.05) is 24.3 Å². The largest absolute Gasteiger partial charge is 0.495 e. The summed E-state index contributed by atoms with van der Waals surface area (Å²) in [5.74, 6) is -0.240. The van der Waals surface area contributed by atoms with Crippen molar-refractivity contribution < 1.29 is 14.3 Å². The molecule has 2 aromatic carbocycles. The van der Waals surface area contributed by atoms with Crippen LogP contribution in [0.3, 0.4) is 0 Å². The third-order valence-electron chi connectivity index (χ3n) is 3.97. The van der Waals surface area contributed by atoms with Crippen LogP contribution >= 0.6 is 56.5 Å². The van der Waals surface area contributed by atoms with E-state index in [0.717, 1.165) is 17.6 Å². The average molecular weight is 657 g/mol. The average Bonchev–Trinajstić information content (AvgIpc) is 3.26. The van der Waals surface area contributed by atoms with Gasteiger partial charge in [-0.2, -0.15) is 5.10 Å². The molecule has 0 saturated heterocycles. The first kappa shape index (κ1) is 23.4. The summed E-state index contributed by atoms with van der Waals surface area (Å²) in [6.45, 7) is 0. The van der Waals surface area contributed by atoms with Crippen LogP contribution in [0.25, 0.3) is 6.08 Å². The van der Waals surface area contributed by atoms with Crippen LogP contribution < -0.4 is 15.5 Å². The summed E-state index contributed by atoms with van der Waals surface area (Å²) in [7, 11) is 1.58. The van der Waals surface area contributed by atoms with E-state index in [9.17, 15) is 9.59 Å². The zero-order valence-electron chi connectivity index (χ0n) is 16.3. The second-order valence-corrected chi connectivity index (χ2v) is 9.49. The van der Waals surface area contributed by atoms with Gasteiger partial charge in [-0.05, 0) is 87.0 Å². The summed E-state index contributed by atoms with van der Waals surface area (Å²) in [4.78, 5) is 26.2. The minimum absolute atomic E-state index is 0.0950. The third-order valence-corrected chi connectivity index (χ3v) is 6.21. The zero-order chi connectivity index (χ0) is 22.2. The Morgan fingerprint density at radius 2 is 1.87 bits per heavy atom. The minimum atomic E-state index is -0.534. The highest BCUT2D eigenvalue weighted by Gasteiger charge is 2.15. The van der Waals surface area contributed by atoms with Gasteiger partial charge in [-0.15, -0.1) is 11.3 Å². The molecule has 9 heteroatoms. The van der Waals surface area contributed by atoms with E-state index in [1.54, 1.807) is 37.5 Å². The molecule has 0 saturated carbocycles. The first-order valence-corrected chi connectivity index (χ1v) is 12.0. The van der Waals surface area contributed by atoms with Crippen molar-refractivity contribution in [2.45, 2.75) is 0 Å². The van der Waals surface area contributed by atoms with Crippen LogP contribution in [0.15, 0.2) is 70.8 Å². The number of carbonyl (C=O) groups is 2. The van der Waals surface area contributed by atoms with Crippen LogP contribution in [0.1, 0.15) is 20.8 Å².